The Kier molecular flexibility index (Phi) is 6.61. The molecule has 1 heterocycles. The number of anilines is 1. The van der Waals surface area contributed by atoms with Gasteiger partial charge in [-0.05, 0) is 49.4 Å². The van der Waals surface area contributed by atoms with Crippen LogP contribution in [0.15, 0.2) is 29.4 Å². The first-order valence-electron chi connectivity index (χ1n) is 7.70. The van der Waals surface area contributed by atoms with Crippen LogP contribution in [0.2, 0.25) is 0 Å². The highest BCUT2D eigenvalue weighted by Gasteiger charge is 2.13. The van der Waals surface area contributed by atoms with Gasteiger partial charge in [-0.2, -0.15) is 5.10 Å². The Labute approximate surface area is 137 Å². The number of likely N-dealkylation sites (tertiary alicyclic amines) is 1. The van der Waals surface area contributed by atoms with Crippen molar-refractivity contribution in [2.45, 2.75) is 26.2 Å². The Bertz CT molecular complexity index is 505. The van der Waals surface area contributed by atoms with Crippen molar-refractivity contribution in [1.82, 2.24) is 10.3 Å². The number of rotatable bonds is 5. The van der Waals surface area contributed by atoms with Crippen LogP contribution >= 0.6 is 12.2 Å². The number of piperidine rings is 1. The maximum atomic E-state index is 5.26. The third-order valence-corrected chi connectivity index (χ3v) is 3.83. The first kappa shape index (κ1) is 16.7. The molecule has 0 bridgehead atoms. The summed E-state index contributed by atoms with van der Waals surface area (Å²) in [6, 6.07) is 7.62. The molecule has 5 nitrogen and oxygen atoms in total. The van der Waals surface area contributed by atoms with Gasteiger partial charge in [0.15, 0.2) is 5.11 Å². The van der Waals surface area contributed by atoms with Gasteiger partial charge in [-0.3, -0.25) is 5.43 Å². The average molecular weight is 320 g/mol. The summed E-state index contributed by atoms with van der Waals surface area (Å²) in [4.78, 5) is 2.48. The monoisotopic (exact) mass is 320 g/mol. The third kappa shape index (κ3) is 5.27. The quantitative estimate of drug-likeness (QED) is 0.645. The van der Waals surface area contributed by atoms with Crippen molar-refractivity contribution in [3.8, 4) is 5.75 Å². The van der Waals surface area contributed by atoms with Crippen LogP contribution in [-0.4, -0.2) is 42.5 Å². The van der Waals surface area contributed by atoms with Crippen molar-refractivity contribution in [2.75, 3.05) is 32.1 Å². The van der Waals surface area contributed by atoms with E-state index < -0.39 is 0 Å². The predicted octanol–water partition coefficient (Wildman–Crippen LogP) is 2.84. The molecule has 0 atom stereocenters. The molecule has 1 aliphatic rings. The SMILES string of the molecule is CCCN1CCC(=NNC(=S)Nc2ccc(OC)cc2)CC1. The number of benzene rings is 1. The lowest BCUT2D eigenvalue weighted by Crippen LogP contribution is -2.35. The molecular formula is C16H24N4OS. The molecule has 0 unspecified atom stereocenters. The fourth-order valence-corrected chi connectivity index (χ4v) is 2.59. The molecule has 2 rings (SSSR count). The fourth-order valence-electron chi connectivity index (χ4n) is 2.43. The second-order valence-corrected chi connectivity index (χ2v) is 5.72. The average Bonchev–Trinajstić information content (AvgIpc) is 2.55. The normalized spacial score (nSPS) is 15.3. The van der Waals surface area contributed by atoms with E-state index in [9.17, 15) is 0 Å². The smallest absolute Gasteiger partial charge is 0.191 e. The number of thiocarbonyl (C=S) groups is 1. The summed E-state index contributed by atoms with van der Waals surface area (Å²) in [5.74, 6) is 0.823. The number of nitrogens with zero attached hydrogens (tertiary/aromatic N) is 2. The van der Waals surface area contributed by atoms with Gasteiger partial charge in [-0.25, -0.2) is 0 Å². The molecular weight excluding hydrogens is 296 g/mol. The van der Waals surface area contributed by atoms with E-state index in [-0.39, 0.29) is 0 Å². The minimum Gasteiger partial charge on any atom is -0.497 e. The van der Waals surface area contributed by atoms with Crippen LogP contribution in [-0.2, 0) is 0 Å². The van der Waals surface area contributed by atoms with Gasteiger partial charge >= 0.3 is 0 Å². The van der Waals surface area contributed by atoms with E-state index in [1.54, 1.807) is 7.11 Å². The van der Waals surface area contributed by atoms with E-state index in [2.05, 4.69) is 27.7 Å². The lowest BCUT2D eigenvalue weighted by molar-refractivity contribution is 0.275. The fraction of sp³-hybridized carbons (Fsp3) is 0.500. The Balaban J connectivity index is 1.76. The maximum Gasteiger partial charge on any atom is 0.191 e. The first-order valence-corrected chi connectivity index (χ1v) is 8.11. The molecule has 1 fully saturated rings. The van der Waals surface area contributed by atoms with Crippen LogP contribution in [0.4, 0.5) is 5.69 Å². The largest absolute Gasteiger partial charge is 0.497 e. The van der Waals surface area contributed by atoms with Crippen molar-refractivity contribution in [3.63, 3.8) is 0 Å². The second-order valence-electron chi connectivity index (χ2n) is 5.31. The van der Waals surface area contributed by atoms with Gasteiger partial charge in [0.05, 0.1) is 7.11 Å². The van der Waals surface area contributed by atoms with E-state index in [1.807, 2.05) is 24.3 Å². The molecule has 2 N–H and O–H groups in total. The molecule has 1 aromatic rings. The molecule has 0 radical (unpaired) electrons. The summed E-state index contributed by atoms with van der Waals surface area (Å²) in [6.07, 6.45) is 3.23. The zero-order chi connectivity index (χ0) is 15.8. The predicted molar refractivity (Wildman–Crippen MR) is 95.8 cm³/mol. The Morgan fingerprint density at radius 3 is 2.55 bits per heavy atom. The Morgan fingerprint density at radius 2 is 1.95 bits per heavy atom. The summed E-state index contributed by atoms with van der Waals surface area (Å²) >= 11 is 5.26. The van der Waals surface area contributed by atoms with Gasteiger partial charge in [-0.15, -0.1) is 0 Å². The van der Waals surface area contributed by atoms with Crippen LogP contribution in [0.25, 0.3) is 0 Å². The number of nitrogens with one attached hydrogen (secondary N) is 2. The summed E-state index contributed by atoms with van der Waals surface area (Å²) in [6.45, 7) is 5.58. The van der Waals surface area contributed by atoms with Crippen molar-refractivity contribution in [3.05, 3.63) is 24.3 Å². The van der Waals surface area contributed by atoms with Gasteiger partial charge in [0.1, 0.15) is 5.75 Å². The highest BCUT2D eigenvalue weighted by atomic mass is 32.1. The zero-order valence-electron chi connectivity index (χ0n) is 13.3. The molecule has 0 saturated carbocycles. The molecule has 6 heteroatoms. The van der Waals surface area contributed by atoms with Gasteiger partial charge < -0.3 is 15.0 Å². The molecule has 0 aliphatic carbocycles. The topological polar surface area (TPSA) is 48.9 Å². The lowest BCUT2D eigenvalue weighted by atomic mass is 10.1. The van der Waals surface area contributed by atoms with E-state index in [0.717, 1.165) is 37.4 Å². The van der Waals surface area contributed by atoms with Crippen molar-refractivity contribution in [1.29, 1.82) is 0 Å². The molecule has 0 aromatic heterocycles. The van der Waals surface area contributed by atoms with Crippen LogP contribution < -0.4 is 15.5 Å². The Hall–Kier alpha value is -1.66. The van der Waals surface area contributed by atoms with Gasteiger partial charge in [-0.1, -0.05) is 6.92 Å². The number of hydrogen-bond donors (Lipinski definition) is 2. The maximum absolute atomic E-state index is 5.26. The van der Waals surface area contributed by atoms with Crippen LogP contribution in [0, 0.1) is 0 Å². The molecule has 1 aliphatic heterocycles. The number of hydrazone groups is 1. The summed E-state index contributed by atoms with van der Waals surface area (Å²) in [5.41, 5.74) is 5.03. The van der Waals surface area contributed by atoms with Gasteiger partial charge in [0.2, 0.25) is 0 Å². The van der Waals surface area contributed by atoms with Crippen molar-refractivity contribution < 1.29 is 4.74 Å². The Morgan fingerprint density at radius 1 is 1.27 bits per heavy atom. The highest BCUT2D eigenvalue weighted by molar-refractivity contribution is 7.80. The summed E-state index contributed by atoms with van der Waals surface area (Å²) in [7, 11) is 1.65. The number of methoxy groups -OCH3 is 1. The van der Waals surface area contributed by atoms with Gasteiger partial charge in [0.25, 0.3) is 0 Å². The van der Waals surface area contributed by atoms with E-state index in [1.165, 1.54) is 18.7 Å². The molecule has 120 valence electrons. The minimum atomic E-state index is 0.508. The summed E-state index contributed by atoms with van der Waals surface area (Å²) < 4.78 is 5.12. The first-order chi connectivity index (χ1) is 10.7. The van der Waals surface area contributed by atoms with Gasteiger partial charge in [0, 0.05) is 37.3 Å². The molecule has 0 spiro atoms. The highest BCUT2D eigenvalue weighted by Crippen LogP contribution is 2.14. The van der Waals surface area contributed by atoms with E-state index in [4.69, 9.17) is 17.0 Å². The molecule has 1 aromatic carbocycles. The van der Waals surface area contributed by atoms with E-state index in [0.29, 0.717) is 5.11 Å². The minimum absolute atomic E-state index is 0.508. The molecule has 1 saturated heterocycles. The third-order valence-electron chi connectivity index (χ3n) is 3.64. The standard InChI is InChI=1S/C16H24N4OS/c1-3-10-20-11-8-14(9-12-20)18-19-16(22)17-13-4-6-15(21-2)7-5-13/h4-7H,3,8-12H2,1-2H3,(H2,17,19,22). The molecule has 0 amide bonds. The molecule has 22 heavy (non-hydrogen) atoms. The van der Waals surface area contributed by atoms with Crippen LogP contribution in [0.1, 0.15) is 26.2 Å². The number of ether oxygens (including phenoxy) is 1. The van der Waals surface area contributed by atoms with Crippen LogP contribution in [0.3, 0.4) is 0 Å². The lowest BCUT2D eigenvalue weighted by Gasteiger charge is -2.26. The van der Waals surface area contributed by atoms with E-state index >= 15 is 0 Å². The van der Waals surface area contributed by atoms with Crippen LogP contribution in [0.5, 0.6) is 5.75 Å². The number of hydrogen-bond acceptors (Lipinski definition) is 4. The van der Waals surface area contributed by atoms with Crippen molar-refractivity contribution in [2.24, 2.45) is 5.10 Å². The second kappa shape index (κ2) is 8.70. The van der Waals surface area contributed by atoms with Crippen molar-refractivity contribution >= 4 is 28.7 Å². The summed E-state index contributed by atoms with van der Waals surface area (Å²) in [5, 5.41) is 8.04. The zero-order valence-corrected chi connectivity index (χ0v) is 14.1.